The van der Waals surface area contributed by atoms with Crippen LogP contribution in [0.4, 0.5) is 5.69 Å². The standard InChI is InChI=1S/C19H32N2/c1-4-10-17-11-8-9-15-21(17)19-13-7-6-12-18(19)16(3)20-14-5-2/h6-7,12-13,16-17,20H,4-5,8-11,14-15H2,1-3H3. The van der Waals surface area contributed by atoms with Crippen LogP contribution in [0.5, 0.6) is 0 Å². The Bertz CT molecular complexity index is 414. The van der Waals surface area contributed by atoms with Crippen LogP contribution in [0, 0.1) is 0 Å². The van der Waals surface area contributed by atoms with Gasteiger partial charge in [-0.2, -0.15) is 0 Å². The minimum Gasteiger partial charge on any atom is -0.368 e. The lowest BCUT2D eigenvalue weighted by molar-refractivity contribution is 0.432. The average Bonchev–Trinajstić information content (AvgIpc) is 2.53. The molecule has 0 aromatic heterocycles. The summed E-state index contributed by atoms with van der Waals surface area (Å²) in [7, 11) is 0. The van der Waals surface area contributed by atoms with Crippen molar-refractivity contribution < 1.29 is 0 Å². The van der Waals surface area contributed by atoms with Gasteiger partial charge in [0.2, 0.25) is 0 Å². The summed E-state index contributed by atoms with van der Waals surface area (Å²) in [6.45, 7) is 9.15. The molecule has 2 atom stereocenters. The highest BCUT2D eigenvalue weighted by Crippen LogP contribution is 2.32. The van der Waals surface area contributed by atoms with E-state index in [1.165, 1.54) is 56.3 Å². The minimum atomic E-state index is 0.436. The van der Waals surface area contributed by atoms with Crippen LogP contribution in [0.1, 0.15) is 70.9 Å². The molecule has 1 fully saturated rings. The van der Waals surface area contributed by atoms with Crippen molar-refractivity contribution in [2.75, 3.05) is 18.0 Å². The molecule has 2 rings (SSSR count). The van der Waals surface area contributed by atoms with Crippen LogP contribution in [-0.4, -0.2) is 19.1 Å². The highest BCUT2D eigenvalue weighted by molar-refractivity contribution is 5.56. The Labute approximate surface area is 130 Å². The molecule has 0 bridgehead atoms. The van der Waals surface area contributed by atoms with Crippen molar-refractivity contribution in [3.63, 3.8) is 0 Å². The number of nitrogens with zero attached hydrogens (tertiary/aromatic N) is 1. The molecule has 1 saturated heterocycles. The second-order valence-electron chi connectivity index (χ2n) is 6.37. The normalized spacial score (nSPS) is 20.5. The zero-order valence-corrected chi connectivity index (χ0v) is 14.1. The summed E-state index contributed by atoms with van der Waals surface area (Å²) in [6, 6.07) is 10.2. The molecule has 1 aliphatic rings. The summed E-state index contributed by atoms with van der Waals surface area (Å²) in [6.07, 6.45) is 7.89. The van der Waals surface area contributed by atoms with Crippen molar-refractivity contribution in [3.05, 3.63) is 29.8 Å². The van der Waals surface area contributed by atoms with Gasteiger partial charge in [0, 0.05) is 24.3 Å². The molecule has 1 aromatic rings. The van der Waals surface area contributed by atoms with Crippen LogP contribution in [0.15, 0.2) is 24.3 Å². The largest absolute Gasteiger partial charge is 0.368 e. The Hall–Kier alpha value is -1.02. The Morgan fingerprint density at radius 3 is 2.76 bits per heavy atom. The molecule has 2 heteroatoms. The van der Waals surface area contributed by atoms with E-state index in [4.69, 9.17) is 0 Å². The molecule has 1 aromatic carbocycles. The quantitative estimate of drug-likeness (QED) is 0.767. The van der Waals surface area contributed by atoms with E-state index in [1.807, 2.05) is 0 Å². The summed E-state index contributed by atoms with van der Waals surface area (Å²) in [5.74, 6) is 0. The summed E-state index contributed by atoms with van der Waals surface area (Å²) >= 11 is 0. The Morgan fingerprint density at radius 1 is 1.19 bits per heavy atom. The molecule has 0 radical (unpaired) electrons. The fraction of sp³-hybridized carbons (Fsp3) is 0.684. The fourth-order valence-electron chi connectivity index (χ4n) is 3.54. The van der Waals surface area contributed by atoms with E-state index < -0.39 is 0 Å². The minimum absolute atomic E-state index is 0.436. The maximum atomic E-state index is 3.65. The van der Waals surface area contributed by atoms with Gasteiger partial charge in [-0.25, -0.2) is 0 Å². The molecule has 0 amide bonds. The molecule has 1 aliphatic heterocycles. The van der Waals surface area contributed by atoms with Crippen molar-refractivity contribution in [1.29, 1.82) is 0 Å². The van der Waals surface area contributed by atoms with E-state index in [0.29, 0.717) is 6.04 Å². The summed E-state index contributed by atoms with van der Waals surface area (Å²) in [5.41, 5.74) is 2.93. The van der Waals surface area contributed by atoms with Gasteiger partial charge in [-0.15, -0.1) is 0 Å². The van der Waals surface area contributed by atoms with Crippen LogP contribution in [0.2, 0.25) is 0 Å². The van der Waals surface area contributed by atoms with E-state index in [1.54, 1.807) is 0 Å². The number of para-hydroxylation sites is 1. The molecule has 21 heavy (non-hydrogen) atoms. The lowest BCUT2D eigenvalue weighted by atomic mass is 9.95. The number of piperidine rings is 1. The lowest BCUT2D eigenvalue weighted by Crippen LogP contribution is -2.40. The summed E-state index contributed by atoms with van der Waals surface area (Å²) in [5, 5.41) is 3.65. The molecule has 0 aliphatic carbocycles. The maximum absolute atomic E-state index is 3.65. The maximum Gasteiger partial charge on any atom is 0.0417 e. The zero-order chi connectivity index (χ0) is 15.1. The van der Waals surface area contributed by atoms with Gasteiger partial charge in [-0.3, -0.25) is 0 Å². The molecule has 1 heterocycles. The van der Waals surface area contributed by atoms with Gasteiger partial charge in [-0.05, 0) is 57.2 Å². The van der Waals surface area contributed by atoms with Gasteiger partial charge in [0.25, 0.3) is 0 Å². The van der Waals surface area contributed by atoms with Crippen LogP contribution in [-0.2, 0) is 0 Å². The third-order valence-electron chi connectivity index (χ3n) is 4.66. The van der Waals surface area contributed by atoms with Crippen molar-refractivity contribution in [2.24, 2.45) is 0 Å². The van der Waals surface area contributed by atoms with Crippen molar-refractivity contribution in [2.45, 2.75) is 71.4 Å². The molecular formula is C19H32N2. The SMILES string of the molecule is CCCNC(C)c1ccccc1N1CCCCC1CCC. The number of hydrogen-bond donors (Lipinski definition) is 1. The molecule has 118 valence electrons. The van der Waals surface area contributed by atoms with E-state index in [0.717, 1.165) is 12.6 Å². The number of nitrogens with one attached hydrogen (secondary N) is 1. The van der Waals surface area contributed by atoms with Gasteiger partial charge in [0.05, 0.1) is 0 Å². The van der Waals surface area contributed by atoms with Crippen molar-refractivity contribution >= 4 is 5.69 Å². The Morgan fingerprint density at radius 2 is 2.00 bits per heavy atom. The number of benzene rings is 1. The first kappa shape index (κ1) is 16.4. The smallest absolute Gasteiger partial charge is 0.0417 e. The fourth-order valence-corrected chi connectivity index (χ4v) is 3.54. The Kier molecular flexibility index (Phi) is 6.56. The van der Waals surface area contributed by atoms with E-state index in [9.17, 15) is 0 Å². The first-order chi connectivity index (χ1) is 10.3. The molecular weight excluding hydrogens is 256 g/mol. The first-order valence-corrected chi connectivity index (χ1v) is 8.86. The van der Waals surface area contributed by atoms with Gasteiger partial charge in [0.15, 0.2) is 0 Å². The monoisotopic (exact) mass is 288 g/mol. The van der Waals surface area contributed by atoms with Crippen LogP contribution < -0.4 is 10.2 Å². The highest BCUT2D eigenvalue weighted by atomic mass is 15.2. The molecule has 2 nitrogen and oxygen atoms in total. The number of rotatable bonds is 7. The summed E-state index contributed by atoms with van der Waals surface area (Å²) in [4.78, 5) is 2.69. The van der Waals surface area contributed by atoms with E-state index in [-0.39, 0.29) is 0 Å². The average molecular weight is 288 g/mol. The van der Waals surface area contributed by atoms with Gasteiger partial charge < -0.3 is 10.2 Å². The van der Waals surface area contributed by atoms with Gasteiger partial charge >= 0.3 is 0 Å². The van der Waals surface area contributed by atoms with Gasteiger partial charge in [0.1, 0.15) is 0 Å². The molecule has 1 N–H and O–H groups in total. The van der Waals surface area contributed by atoms with Crippen LogP contribution in [0.3, 0.4) is 0 Å². The number of anilines is 1. The van der Waals surface area contributed by atoms with Crippen molar-refractivity contribution in [3.8, 4) is 0 Å². The predicted molar refractivity (Wildman–Crippen MR) is 93.0 cm³/mol. The number of hydrogen-bond acceptors (Lipinski definition) is 2. The third-order valence-corrected chi connectivity index (χ3v) is 4.66. The second-order valence-corrected chi connectivity index (χ2v) is 6.37. The lowest BCUT2D eigenvalue weighted by Gasteiger charge is -2.39. The van der Waals surface area contributed by atoms with Crippen LogP contribution >= 0.6 is 0 Å². The highest BCUT2D eigenvalue weighted by Gasteiger charge is 2.24. The molecule has 0 spiro atoms. The molecule has 2 unspecified atom stereocenters. The van der Waals surface area contributed by atoms with E-state index >= 15 is 0 Å². The molecule has 0 saturated carbocycles. The van der Waals surface area contributed by atoms with Crippen LogP contribution in [0.25, 0.3) is 0 Å². The van der Waals surface area contributed by atoms with Crippen molar-refractivity contribution in [1.82, 2.24) is 5.32 Å². The Balaban J connectivity index is 2.20. The van der Waals surface area contributed by atoms with E-state index in [2.05, 4.69) is 55.3 Å². The zero-order valence-electron chi connectivity index (χ0n) is 14.1. The summed E-state index contributed by atoms with van der Waals surface area (Å²) < 4.78 is 0. The predicted octanol–water partition coefficient (Wildman–Crippen LogP) is 4.91. The second kappa shape index (κ2) is 8.43. The topological polar surface area (TPSA) is 15.3 Å². The first-order valence-electron chi connectivity index (χ1n) is 8.86. The third kappa shape index (κ3) is 4.23. The van der Waals surface area contributed by atoms with Gasteiger partial charge in [-0.1, -0.05) is 38.5 Å².